The van der Waals surface area contributed by atoms with Gasteiger partial charge in [-0.15, -0.1) is 0 Å². The Morgan fingerprint density at radius 1 is 1.00 bits per heavy atom. The molecule has 0 bridgehead atoms. The molecule has 1 fully saturated rings. The van der Waals surface area contributed by atoms with Crippen LogP contribution >= 0.6 is 0 Å². The Hall–Kier alpha value is -3.97. The number of nitrogens with one attached hydrogen (secondary N) is 2. The van der Waals surface area contributed by atoms with Gasteiger partial charge in [-0.2, -0.15) is 0 Å². The van der Waals surface area contributed by atoms with Gasteiger partial charge in [0.1, 0.15) is 12.4 Å². The molecule has 0 spiro atoms. The predicted octanol–water partition coefficient (Wildman–Crippen LogP) is 4.28. The zero-order valence-electron chi connectivity index (χ0n) is 20.7. The van der Waals surface area contributed by atoms with Gasteiger partial charge in [-0.3, -0.25) is 9.59 Å². The van der Waals surface area contributed by atoms with Crippen molar-refractivity contribution in [1.29, 1.82) is 0 Å². The van der Waals surface area contributed by atoms with Gasteiger partial charge in [-0.05, 0) is 34.7 Å². The van der Waals surface area contributed by atoms with Gasteiger partial charge >= 0.3 is 0 Å². The lowest BCUT2D eigenvalue weighted by Gasteiger charge is -2.31. The number of aromatic nitrogens is 2. The van der Waals surface area contributed by atoms with E-state index in [1.165, 1.54) is 16.3 Å². The fraction of sp³-hybridized carbons (Fsp3) is 0.300. The molecule has 1 amide bonds. The lowest BCUT2D eigenvalue weighted by molar-refractivity contribution is 0.0933. The number of aliphatic hydroxyl groups is 1. The second-order valence-electron chi connectivity index (χ2n) is 9.64. The van der Waals surface area contributed by atoms with E-state index in [9.17, 15) is 14.7 Å². The van der Waals surface area contributed by atoms with Crippen LogP contribution in [0.5, 0.6) is 5.75 Å². The van der Waals surface area contributed by atoms with Crippen molar-refractivity contribution < 1.29 is 14.6 Å². The Morgan fingerprint density at radius 3 is 2.51 bits per heavy atom. The average Bonchev–Trinajstić information content (AvgIpc) is 3.40. The fourth-order valence-electron chi connectivity index (χ4n) is 5.46. The van der Waals surface area contributed by atoms with Crippen LogP contribution in [0, 0.1) is 0 Å². The van der Waals surface area contributed by atoms with E-state index in [0.717, 1.165) is 31.2 Å². The molecular formula is C30H31N3O4. The van der Waals surface area contributed by atoms with Crippen LogP contribution in [-0.2, 0) is 18.4 Å². The van der Waals surface area contributed by atoms with E-state index in [4.69, 9.17) is 4.74 Å². The number of carbonyl (C=O) groups is 1. The van der Waals surface area contributed by atoms with E-state index in [1.807, 2.05) is 36.4 Å². The number of hydrogen-bond acceptors (Lipinski definition) is 5. The van der Waals surface area contributed by atoms with Crippen molar-refractivity contribution in [3.8, 4) is 5.75 Å². The van der Waals surface area contributed by atoms with Crippen molar-refractivity contribution in [1.82, 2.24) is 15.3 Å². The molecule has 0 atom stereocenters. The first-order chi connectivity index (χ1) is 18.1. The molecule has 1 saturated carbocycles. The molecule has 0 radical (unpaired) electrons. The van der Waals surface area contributed by atoms with Crippen LogP contribution in [0.3, 0.4) is 0 Å². The summed E-state index contributed by atoms with van der Waals surface area (Å²) in [4.78, 5) is 33.8. The standard InChI is InChI=1S/C30H31N3O4/c34-18-17-31-28(35)26-27(37-20-21-9-2-1-3-10-21)29(36)33-25(32-26)19-30(15-6-7-16-30)24-14-8-12-22-11-4-5-13-23(22)24/h1-5,8-14,34H,6-7,15-20H2,(H,31,35)(H,32,33,36). The lowest BCUT2D eigenvalue weighted by atomic mass is 9.74. The van der Waals surface area contributed by atoms with Crippen molar-refractivity contribution in [3.63, 3.8) is 0 Å². The van der Waals surface area contributed by atoms with Crippen LogP contribution in [0.1, 0.15) is 53.1 Å². The summed E-state index contributed by atoms with van der Waals surface area (Å²) < 4.78 is 5.82. The molecule has 1 heterocycles. The Bertz CT molecular complexity index is 1440. The molecule has 1 aromatic heterocycles. The molecule has 7 nitrogen and oxygen atoms in total. The average molecular weight is 498 g/mol. The number of carbonyl (C=O) groups excluding carboxylic acids is 1. The highest BCUT2D eigenvalue weighted by Crippen LogP contribution is 2.45. The Balaban J connectivity index is 1.52. The maximum atomic E-state index is 13.2. The van der Waals surface area contributed by atoms with Crippen LogP contribution < -0.4 is 15.6 Å². The summed E-state index contributed by atoms with van der Waals surface area (Å²) in [5.41, 5.74) is 1.38. The zero-order chi connectivity index (χ0) is 25.7. The third-order valence-electron chi connectivity index (χ3n) is 7.19. The minimum Gasteiger partial charge on any atom is -0.481 e. The molecule has 4 aromatic rings. The normalized spacial score (nSPS) is 14.5. The minimum absolute atomic E-state index is 0.0563. The van der Waals surface area contributed by atoms with Gasteiger partial charge in [0.2, 0.25) is 5.75 Å². The molecule has 37 heavy (non-hydrogen) atoms. The van der Waals surface area contributed by atoms with Gasteiger partial charge in [0.25, 0.3) is 11.5 Å². The van der Waals surface area contributed by atoms with Crippen LogP contribution in [0.25, 0.3) is 10.8 Å². The number of benzene rings is 3. The predicted molar refractivity (Wildman–Crippen MR) is 143 cm³/mol. The number of fused-ring (bicyclic) bond motifs is 1. The molecule has 5 rings (SSSR count). The smallest absolute Gasteiger partial charge is 0.294 e. The SMILES string of the molecule is O=C(NCCO)c1nc(CC2(c3cccc4ccccc34)CCCC2)[nH]c(=O)c1OCc1ccccc1. The fourth-order valence-corrected chi connectivity index (χ4v) is 5.46. The number of hydrogen-bond donors (Lipinski definition) is 3. The molecule has 0 aliphatic heterocycles. The summed E-state index contributed by atoms with van der Waals surface area (Å²) in [5, 5.41) is 14.2. The highest BCUT2D eigenvalue weighted by molar-refractivity contribution is 5.94. The van der Waals surface area contributed by atoms with Crippen molar-refractivity contribution in [2.75, 3.05) is 13.2 Å². The van der Waals surface area contributed by atoms with Gasteiger partial charge in [-0.25, -0.2) is 4.98 Å². The molecule has 3 N–H and O–H groups in total. The second kappa shape index (κ2) is 11.0. The van der Waals surface area contributed by atoms with Gasteiger partial charge in [-0.1, -0.05) is 85.6 Å². The number of nitrogens with zero attached hydrogens (tertiary/aromatic N) is 1. The maximum Gasteiger partial charge on any atom is 0.294 e. The van der Waals surface area contributed by atoms with Crippen molar-refractivity contribution in [2.24, 2.45) is 0 Å². The van der Waals surface area contributed by atoms with Crippen LogP contribution in [0.15, 0.2) is 77.6 Å². The first kappa shape index (κ1) is 24.7. The van der Waals surface area contributed by atoms with Gasteiger partial charge in [0.15, 0.2) is 5.69 Å². The van der Waals surface area contributed by atoms with E-state index in [-0.39, 0.29) is 36.6 Å². The van der Waals surface area contributed by atoms with Crippen LogP contribution in [0.4, 0.5) is 0 Å². The molecule has 190 valence electrons. The van der Waals surface area contributed by atoms with Crippen LogP contribution in [0.2, 0.25) is 0 Å². The molecule has 1 aliphatic carbocycles. The highest BCUT2D eigenvalue weighted by atomic mass is 16.5. The first-order valence-corrected chi connectivity index (χ1v) is 12.8. The van der Waals surface area contributed by atoms with Crippen LogP contribution in [-0.4, -0.2) is 34.1 Å². The number of amides is 1. The largest absolute Gasteiger partial charge is 0.481 e. The monoisotopic (exact) mass is 497 g/mol. The summed E-state index contributed by atoms with van der Waals surface area (Å²) in [6.45, 7) is -0.0297. The van der Waals surface area contributed by atoms with Crippen molar-refractivity contribution in [3.05, 3.63) is 106 Å². The summed E-state index contributed by atoms with van der Waals surface area (Å²) in [6.07, 6.45) is 4.65. The Labute approximate surface area is 215 Å². The number of rotatable bonds is 9. The van der Waals surface area contributed by atoms with E-state index in [1.54, 1.807) is 0 Å². The third-order valence-corrected chi connectivity index (χ3v) is 7.19. The molecular weight excluding hydrogens is 466 g/mol. The Morgan fingerprint density at radius 2 is 1.73 bits per heavy atom. The minimum atomic E-state index is -0.546. The summed E-state index contributed by atoms with van der Waals surface area (Å²) in [7, 11) is 0. The molecule has 7 heteroatoms. The molecule has 0 unspecified atom stereocenters. The summed E-state index contributed by atoms with van der Waals surface area (Å²) in [5.74, 6) is -0.204. The molecule has 0 saturated heterocycles. The van der Waals surface area contributed by atoms with Gasteiger partial charge in [0.05, 0.1) is 6.61 Å². The number of aliphatic hydroxyl groups excluding tert-OH is 1. The number of aromatic amines is 1. The number of ether oxygens (including phenoxy) is 1. The summed E-state index contributed by atoms with van der Waals surface area (Å²) >= 11 is 0. The van der Waals surface area contributed by atoms with E-state index in [2.05, 4.69) is 51.7 Å². The lowest BCUT2D eigenvalue weighted by Crippen LogP contribution is -2.33. The molecule has 1 aliphatic rings. The summed E-state index contributed by atoms with van der Waals surface area (Å²) in [6, 6.07) is 24.2. The third kappa shape index (κ3) is 5.27. The van der Waals surface area contributed by atoms with Gasteiger partial charge < -0.3 is 20.1 Å². The van der Waals surface area contributed by atoms with Crippen molar-refractivity contribution >= 4 is 16.7 Å². The topological polar surface area (TPSA) is 104 Å². The maximum absolute atomic E-state index is 13.2. The van der Waals surface area contributed by atoms with Crippen molar-refractivity contribution in [2.45, 2.75) is 44.1 Å². The highest BCUT2D eigenvalue weighted by Gasteiger charge is 2.38. The Kier molecular flexibility index (Phi) is 7.32. The van der Waals surface area contributed by atoms with E-state index >= 15 is 0 Å². The van der Waals surface area contributed by atoms with Gasteiger partial charge in [0, 0.05) is 18.4 Å². The zero-order valence-corrected chi connectivity index (χ0v) is 20.7. The molecule has 3 aromatic carbocycles. The quantitative estimate of drug-likeness (QED) is 0.320. The number of H-pyrrole nitrogens is 1. The van der Waals surface area contributed by atoms with E-state index in [0.29, 0.717) is 12.2 Å². The second-order valence-corrected chi connectivity index (χ2v) is 9.64. The first-order valence-electron chi connectivity index (χ1n) is 12.8. The van der Waals surface area contributed by atoms with E-state index < -0.39 is 11.5 Å².